The van der Waals surface area contributed by atoms with Gasteiger partial charge in [-0.25, -0.2) is 8.78 Å². The number of piperidine rings is 1. The Balaban J connectivity index is 1.39. The molecule has 0 bridgehead atoms. The van der Waals surface area contributed by atoms with Crippen LogP contribution in [0.3, 0.4) is 0 Å². The van der Waals surface area contributed by atoms with Crippen LogP contribution in [0.15, 0.2) is 42.5 Å². The predicted molar refractivity (Wildman–Crippen MR) is 94.8 cm³/mol. The quantitative estimate of drug-likeness (QED) is 0.752. The Morgan fingerprint density at radius 2 is 1.80 bits per heavy atom. The van der Waals surface area contributed by atoms with Crippen molar-refractivity contribution in [3.63, 3.8) is 0 Å². The Bertz CT molecular complexity index is 670. The molecule has 0 radical (unpaired) electrons. The molecule has 1 aliphatic rings. The molecule has 0 aromatic heterocycles. The van der Waals surface area contributed by atoms with Gasteiger partial charge >= 0.3 is 0 Å². The average Bonchev–Trinajstić information content (AvgIpc) is 2.65. The van der Waals surface area contributed by atoms with E-state index in [1.54, 1.807) is 0 Å². The highest BCUT2D eigenvalue weighted by Crippen LogP contribution is 2.26. The molecule has 25 heavy (non-hydrogen) atoms. The summed E-state index contributed by atoms with van der Waals surface area (Å²) >= 11 is 0. The fourth-order valence-corrected chi connectivity index (χ4v) is 3.13. The maximum absolute atomic E-state index is 13.5. The summed E-state index contributed by atoms with van der Waals surface area (Å²) in [5.41, 5.74) is 1.69. The zero-order chi connectivity index (χ0) is 17.5. The maximum atomic E-state index is 13.5. The van der Waals surface area contributed by atoms with Crippen LogP contribution < -0.4 is 15.4 Å². The summed E-state index contributed by atoms with van der Waals surface area (Å²) in [6.07, 6.45) is 2.36. The number of nitrogens with one attached hydrogen (secondary N) is 2. The van der Waals surface area contributed by atoms with Crippen LogP contribution in [-0.4, -0.2) is 26.2 Å². The number of ether oxygens (including phenoxy) is 1. The first kappa shape index (κ1) is 17.8. The third-order valence-electron chi connectivity index (χ3n) is 4.56. The highest BCUT2D eigenvalue weighted by molar-refractivity contribution is 5.29. The maximum Gasteiger partial charge on any atom is 0.127 e. The van der Waals surface area contributed by atoms with Crippen LogP contribution in [0.25, 0.3) is 0 Å². The van der Waals surface area contributed by atoms with Gasteiger partial charge in [0.05, 0.1) is 0 Å². The van der Waals surface area contributed by atoms with Gasteiger partial charge in [0, 0.05) is 18.7 Å². The van der Waals surface area contributed by atoms with Gasteiger partial charge in [-0.1, -0.05) is 12.1 Å². The SMILES string of the molecule is Fc1ccc(F)c(CNCCOc2ccc(C3CCNCC3)cc2)c1. The van der Waals surface area contributed by atoms with E-state index in [-0.39, 0.29) is 6.54 Å². The average molecular weight is 346 g/mol. The Morgan fingerprint density at radius 3 is 2.56 bits per heavy atom. The number of hydrogen-bond acceptors (Lipinski definition) is 3. The summed E-state index contributed by atoms with van der Waals surface area (Å²) in [5.74, 6) is 0.640. The Hall–Kier alpha value is -1.98. The molecule has 3 nitrogen and oxygen atoms in total. The van der Waals surface area contributed by atoms with Gasteiger partial charge in [-0.05, 0) is 67.7 Å². The molecule has 0 atom stereocenters. The molecule has 0 saturated carbocycles. The first-order valence-electron chi connectivity index (χ1n) is 8.80. The molecule has 2 aromatic rings. The third-order valence-corrected chi connectivity index (χ3v) is 4.56. The molecule has 0 aliphatic carbocycles. The van der Waals surface area contributed by atoms with Crippen molar-refractivity contribution in [1.82, 2.24) is 10.6 Å². The van der Waals surface area contributed by atoms with E-state index < -0.39 is 11.6 Å². The van der Waals surface area contributed by atoms with E-state index in [1.165, 1.54) is 24.5 Å². The largest absolute Gasteiger partial charge is 0.492 e. The van der Waals surface area contributed by atoms with E-state index in [0.717, 1.165) is 31.0 Å². The molecule has 1 aliphatic heterocycles. The van der Waals surface area contributed by atoms with Gasteiger partial charge in [-0.3, -0.25) is 0 Å². The number of rotatable bonds is 7. The van der Waals surface area contributed by atoms with Crippen molar-refractivity contribution in [2.75, 3.05) is 26.2 Å². The molecule has 0 amide bonds. The smallest absolute Gasteiger partial charge is 0.127 e. The second kappa shape index (κ2) is 8.92. The molecule has 0 spiro atoms. The van der Waals surface area contributed by atoms with Crippen LogP contribution in [0.5, 0.6) is 5.75 Å². The highest BCUT2D eigenvalue weighted by Gasteiger charge is 2.14. The van der Waals surface area contributed by atoms with Crippen molar-refractivity contribution in [2.24, 2.45) is 0 Å². The highest BCUT2D eigenvalue weighted by atomic mass is 19.1. The van der Waals surface area contributed by atoms with Crippen LogP contribution in [0, 0.1) is 11.6 Å². The van der Waals surface area contributed by atoms with Crippen LogP contribution in [0.2, 0.25) is 0 Å². The van der Waals surface area contributed by atoms with E-state index in [4.69, 9.17) is 4.74 Å². The van der Waals surface area contributed by atoms with Crippen molar-refractivity contribution in [2.45, 2.75) is 25.3 Å². The minimum absolute atomic E-state index is 0.279. The van der Waals surface area contributed by atoms with Gasteiger partial charge < -0.3 is 15.4 Å². The van der Waals surface area contributed by atoms with Crippen molar-refractivity contribution in [3.8, 4) is 5.75 Å². The van der Waals surface area contributed by atoms with E-state index >= 15 is 0 Å². The molecule has 1 saturated heterocycles. The van der Waals surface area contributed by atoms with E-state index in [0.29, 0.717) is 24.6 Å². The summed E-state index contributed by atoms with van der Waals surface area (Å²) in [4.78, 5) is 0. The number of hydrogen-bond donors (Lipinski definition) is 2. The van der Waals surface area contributed by atoms with Gasteiger partial charge in [-0.2, -0.15) is 0 Å². The fourth-order valence-electron chi connectivity index (χ4n) is 3.13. The number of halogens is 2. The summed E-state index contributed by atoms with van der Waals surface area (Å²) in [7, 11) is 0. The Labute approximate surface area is 147 Å². The van der Waals surface area contributed by atoms with Gasteiger partial charge in [-0.15, -0.1) is 0 Å². The van der Waals surface area contributed by atoms with Crippen molar-refractivity contribution in [1.29, 1.82) is 0 Å². The lowest BCUT2D eigenvalue weighted by Gasteiger charge is -2.23. The first-order chi connectivity index (χ1) is 12.2. The Kier molecular flexibility index (Phi) is 6.36. The van der Waals surface area contributed by atoms with E-state index in [1.807, 2.05) is 12.1 Å². The minimum atomic E-state index is -0.428. The molecular formula is C20H24F2N2O. The second-order valence-corrected chi connectivity index (χ2v) is 6.35. The lowest BCUT2D eigenvalue weighted by molar-refractivity contribution is 0.313. The Morgan fingerprint density at radius 1 is 1.04 bits per heavy atom. The summed E-state index contributed by atoms with van der Waals surface area (Å²) in [5, 5.41) is 6.44. The molecule has 2 N–H and O–H groups in total. The molecule has 5 heteroatoms. The first-order valence-corrected chi connectivity index (χ1v) is 8.80. The van der Waals surface area contributed by atoms with Gasteiger partial charge in [0.25, 0.3) is 0 Å². The minimum Gasteiger partial charge on any atom is -0.492 e. The molecule has 3 rings (SSSR count). The molecule has 134 valence electrons. The molecule has 1 fully saturated rings. The summed E-state index contributed by atoms with van der Waals surface area (Å²) in [6, 6.07) is 11.8. The third kappa shape index (κ3) is 5.25. The van der Waals surface area contributed by atoms with Crippen LogP contribution in [0.1, 0.15) is 29.9 Å². The number of benzene rings is 2. The summed E-state index contributed by atoms with van der Waals surface area (Å²) < 4.78 is 32.3. The van der Waals surface area contributed by atoms with E-state index in [9.17, 15) is 8.78 Å². The lowest BCUT2D eigenvalue weighted by Crippen LogP contribution is -2.26. The summed E-state index contributed by atoms with van der Waals surface area (Å²) in [6.45, 7) is 3.48. The van der Waals surface area contributed by atoms with E-state index in [2.05, 4.69) is 22.8 Å². The van der Waals surface area contributed by atoms with Crippen LogP contribution >= 0.6 is 0 Å². The normalized spacial score (nSPS) is 15.3. The molecular weight excluding hydrogens is 322 g/mol. The fraction of sp³-hybridized carbons (Fsp3) is 0.400. The topological polar surface area (TPSA) is 33.3 Å². The van der Waals surface area contributed by atoms with Crippen molar-refractivity contribution < 1.29 is 13.5 Å². The second-order valence-electron chi connectivity index (χ2n) is 6.35. The lowest BCUT2D eigenvalue weighted by atomic mass is 9.90. The molecule has 1 heterocycles. The van der Waals surface area contributed by atoms with Gasteiger partial charge in [0.1, 0.15) is 24.0 Å². The van der Waals surface area contributed by atoms with Crippen LogP contribution in [-0.2, 0) is 6.54 Å². The zero-order valence-corrected chi connectivity index (χ0v) is 14.2. The van der Waals surface area contributed by atoms with Gasteiger partial charge in [0.2, 0.25) is 0 Å². The zero-order valence-electron chi connectivity index (χ0n) is 14.2. The van der Waals surface area contributed by atoms with Gasteiger partial charge in [0.15, 0.2) is 0 Å². The van der Waals surface area contributed by atoms with Crippen LogP contribution in [0.4, 0.5) is 8.78 Å². The molecule has 2 aromatic carbocycles. The predicted octanol–water partition coefficient (Wildman–Crippen LogP) is 3.60. The molecule has 0 unspecified atom stereocenters. The monoisotopic (exact) mass is 346 g/mol. The van der Waals surface area contributed by atoms with Crippen molar-refractivity contribution in [3.05, 3.63) is 65.2 Å². The van der Waals surface area contributed by atoms with Crippen molar-refractivity contribution >= 4 is 0 Å². The standard InChI is InChI=1S/C20H24F2N2O/c21-18-3-6-20(22)17(13-18)14-24-11-12-25-19-4-1-15(2-5-19)16-7-9-23-10-8-16/h1-6,13,16,23-24H,7-12,14H2.